The van der Waals surface area contributed by atoms with Crippen LogP contribution < -0.4 is 10.1 Å². The Balaban J connectivity index is 2.02. The van der Waals surface area contributed by atoms with Gasteiger partial charge in [0.25, 0.3) is 0 Å². The van der Waals surface area contributed by atoms with Gasteiger partial charge in [-0.1, -0.05) is 6.92 Å². The van der Waals surface area contributed by atoms with Gasteiger partial charge in [0.15, 0.2) is 5.75 Å². The van der Waals surface area contributed by atoms with Gasteiger partial charge in [0.05, 0.1) is 5.69 Å². The lowest BCUT2D eigenvalue weighted by Gasteiger charge is -2.43. The summed E-state index contributed by atoms with van der Waals surface area (Å²) in [7, 11) is 3.92. The summed E-state index contributed by atoms with van der Waals surface area (Å²) in [6, 6.07) is 0.397. The lowest BCUT2D eigenvalue weighted by Crippen LogP contribution is -2.60. The molecule has 0 saturated heterocycles. The molecule has 0 amide bonds. The predicted octanol–water partition coefficient (Wildman–Crippen LogP) is 1.57. The van der Waals surface area contributed by atoms with Crippen molar-refractivity contribution >= 4 is 0 Å². The van der Waals surface area contributed by atoms with E-state index in [2.05, 4.69) is 17.3 Å². The van der Waals surface area contributed by atoms with Crippen LogP contribution in [-0.4, -0.2) is 41.7 Å². The Morgan fingerprint density at radius 3 is 2.68 bits per heavy atom. The monoisotopic (exact) mass is 267 g/mol. The number of rotatable bonds is 6. The van der Waals surface area contributed by atoms with Gasteiger partial charge < -0.3 is 14.8 Å². The summed E-state index contributed by atoms with van der Waals surface area (Å²) in [5, 5.41) is 7.67. The molecule has 1 aliphatic carbocycles. The number of hydrogen-bond donors (Lipinski definition) is 1. The number of ether oxygens (including phenoxy) is 2. The van der Waals surface area contributed by atoms with Crippen molar-refractivity contribution in [1.29, 1.82) is 0 Å². The van der Waals surface area contributed by atoms with E-state index in [1.54, 1.807) is 0 Å². The maximum Gasteiger partial charge on any atom is 0.163 e. The first-order chi connectivity index (χ1) is 9.08. The molecule has 0 radical (unpaired) electrons. The molecular weight excluding hydrogens is 242 g/mol. The topological polar surface area (TPSA) is 48.3 Å². The van der Waals surface area contributed by atoms with Gasteiger partial charge in [-0.3, -0.25) is 4.68 Å². The van der Waals surface area contributed by atoms with Crippen LogP contribution in [0.15, 0.2) is 0 Å². The molecule has 3 atom stereocenters. The van der Waals surface area contributed by atoms with Crippen LogP contribution >= 0.6 is 0 Å². The fraction of sp³-hybridized carbons (Fsp3) is 0.786. The minimum Gasteiger partial charge on any atom is -0.484 e. The molecule has 5 nitrogen and oxygen atoms in total. The Morgan fingerprint density at radius 2 is 2.16 bits per heavy atom. The van der Waals surface area contributed by atoms with E-state index in [0.29, 0.717) is 6.04 Å². The number of hydrogen-bond acceptors (Lipinski definition) is 4. The number of likely N-dealkylation sites (N-methyl/N-ethyl adjacent to an activating group) is 1. The predicted molar refractivity (Wildman–Crippen MR) is 74.6 cm³/mol. The molecule has 0 aromatic carbocycles. The summed E-state index contributed by atoms with van der Waals surface area (Å²) in [4.78, 5) is 0. The van der Waals surface area contributed by atoms with Crippen LogP contribution in [0.2, 0.25) is 0 Å². The number of aryl methyl sites for hydroxylation is 2. The van der Waals surface area contributed by atoms with Crippen molar-refractivity contribution in [2.75, 3.05) is 13.7 Å². The van der Waals surface area contributed by atoms with Crippen LogP contribution in [0, 0.1) is 13.8 Å². The van der Waals surface area contributed by atoms with Crippen molar-refractivity contribution in [3.8, 4) is 5.75 Å². The standard InChI is InChI=1S/C14H25N3O2/c1-6-7-18-14-11(15-4)8-12(14)19-13-9(2)16-17(5)10(13)3/h11-12,14-15H,6-8H2,1-5H3. The van der Waals surface area contributed by atoms with Gasteiger partial charge in [-0.15, -0.1) is 0 Å². The Hall–Kier alpha value is -1.07. The van der Waals surface area contributed by atoms with Crippen molar-refractivity contribution in [2.24, 2.45) is 7.05 Å². The Labute approximate surface area is 115 Å². The first kappa shape index (κ1) is 14.3. The van der Waals surface area contributed by atoms with Gasteiger partial charge in [0, 0.05) is 26.1 Å². The average molecular weight is 267 g/mol. The van der Waals surface area contributed by atoms with Gasteiger partial charge in [0.1, 0.15) is 17.9 Å². The van der Waals surface area contributed by atoms with E-state index in [-0.39, 0.29) is 12.2 Å². The molecule has 3 unspecified atom stereocenters. The summed E-state index contributed by atoms with van der Waals surface area (Å²) in [5.41, 5.74) is 2.02. The highest BCUT2D eigenvalue weighted by Crippen LogP contribution is 2.32. The zero-order chi connectivity index (χ0) is 14.0. The smallest absolute Gasteiger partial charge is 0.163 e. The second-order valence-corrected chi connectivity index (χ2v) is 5.25. The molecule has 19 heavy (non-hydrogen) atoms. The normalized spacial score (nSPS) is 26.3. The quantitative estimate of drug-likeness (QED) is 0.850. The Morgan fingerprint density at radius 1 is 1.42 bits per heavy atom. The maximum atomic E-state index is 6.13. The molecule has 1 fully saturated rings. The second-order valence-electron chi connectivity index (χ2n) is 5.25. The van der Waals surface area contributed by atoms with Gasteiger partial charge >= 0.3 is 0 Å². The van der Waals surface area contributed by atoms with E-state index in [9.17, 15) is 0 Å². The van der Waals surface area contributed by atoms with Crippen molar-refractivity contribution in [3.05, 3.63) is 11.4 Å². The van der Waals surface area contributed by atoms with Crippen molar-refractivity contribution < 1.29 is 9.47 Å². The third-order valence-electron chi connectivity index (χ3n) is 3.85. The highest BCUT2D eigenvalue weighted by molar-refractivity contribution is 5.32. The summed E-state index contributed by atoms with van der Waals surface area (Å²) in [6.07, 6.45) is 2.29. The molecule has 1 heterocycles. The Bertz CT molecular complexity index is 431. The molecule has 0 aliphatic heterocycles. The first-order valence-corrected chi connectivity index (χ1v) is 7.04. The molecule has 1 aliphatic rings. The minimum atomic E-state index is 0.130. The molecule has 1 aromatic rings. The zero-order valence-corrected chi connectivity index (χ0v) is 12.6. The molecule has 1 saturated carbocycles. The van der Waals surface area contributed by atoms with Crippen molar-refractivity contribution in [3.63, 3.8) is 0 Å². The lowest BCUT2D eigenvalue weighted by atomic mass is 9.85. The van der Waals surface area contributed by atoms with Gasteiger partial charge in [-0.2, -0.15) is 5.10 Å². The number of nitrogens with one attached hydrogen (secondary N) is 1. The molecule has 0 bridgehead atoms. The van der Waals surface area contributed by atoms with E-state index in [0.717, 1.165) is 36.6 Å². The zero-order valence-electron chi connectivity index (χ0n) is 12.6. The lowest BCUT2D eigenvalue weighted by molar-refractivity contribution is -0.106. The summed E-state index contributed by atoms with van der Waals surface area (Å²) >= 11 is 0. The number of nitrogens with zero attached hydrogens (tertiary/aromatic N) is 2. The van der Waals surface area contributed by atoms with Crippen LogP contribution in [0.4, 0.5) is 0 Å². The van der Waals surface area contributed by atoms with Crippen LogP contribution in [0.1, 0.15) is 31.2 Å². The maximum absolute atomic E-state index is 6.13. The molecule has 5 heteroatoms. The third-order valence-corrected chi connectivity index (χ3v) is 3.85. The first-order valence-electron chi connectivity index (χ1n) is 7.04. The largest absolute Gasteiger partial charge is 0.484 e. The van der Waals surface area contributed by atoms with E-state index in [4.69, 9.17) is 9.47 Å². The highest BCUT2D eigenvalue weighted by atomic mass is 16.5. The van der Waals surface area contributed by atoms with E-state index in [1.807, 2.05) is 32.6 Å². The third kappa shape index (κ3) is 2.77. The Kier molecular flexibility index (Phi) is 4.47. The van der Waals surface area contributed by atoms with E-state index in [1.165, 1.54) is 0 Å². The highest BCUT2D eigenvalue weighted by Gasteiger charge is 2.43. The van der Waals surface area contributed by atoms with Crippen LogP contribution in [0.5, 0.6) is 5.75 Å². The molecule has 1 N–H and O–H groups in total. The second kappa shape index (κ2) is 5.92. The fourth-order valence-corrected chi connectivity index (χ4v) is 2.53. The van der Waals surface area contributed by atoms with Crippen molar-refractivity contribution in [1.82, 2.24) is 15.1 Å². The fourth-order valence-electron chi connectivity index (χ4n) is 2.53. The summed E-state index contributed by atoms with van der Waals surface area (Å²) < 4.78 is 13.9. The summed E-state index contributed by atoms with van der Waals surface area (Å²) in [5.74, 6) is 0.909. The molecular formula is C14H25N3O2. The molecule has 2 rings (SSSR count). The minimum absolute atomic E-state index is 0.130. The van der Waals surface area contributed by atoms with Gasteiger partial charge in [0.2, 0.25) is 0 Å². The van der Waals surface area contributed by atoms with E-state index < -0.39 is 0 Å². The van der Waals surface area contributed by atoms with E-state index >= 15 is 0 Å². The van der Waals surface area contributed by atoms with Crippen LogP contribution in [0.3, 0.4) is 0 Å². The van der Waals surface area contributed by atoms with Crippen molar-refractivity contribution in [2.45, 2.75) is 51.9 Å². The average Bonchev–Trinajstić information content (AvgIpc) is 2.60. The number of aromatic nitrogens is 2. The van der Waals surface area contributed by atoms with Crippen LogP contribution in [0.25, 0.3) is 0 Å². The van der Waals surface area contributed by atoms with Gasteiger partial charge in [-0.25, -0.2) is 0 Å². The van der Waals surface area contributed by atoms with Crippen LogP contribution in [-0.2, 0) is 11.8 Å². The molecule has 1 aromatic heterocycles. The molecule has 0 spiro atoms. The van der Waals surface area contributed by atoms with Gasteiger partial charge in [-0.05, 0) is 27.3 Å². The SMILES string of the molecule is CCCOC1C(NC)CC1Oc1c(C)nn(C)c1C. The molecule has 108 valence electrons. The summed E-state index contributed by atoms with van der Waals surface area (Å²) in [6.45, 7) is 6.93.